The van der Waals surface area contributed by atoms with Crippen LogP contribution in [-0.2, 0) is 0 Å². The van der Waals surface area contributed by atoms with Crippen LogP contribution >= 0.6 is 0 Å². The van der Waals surface area contributed by atoms with Crippen LogP contribution in [-0.4, -0.2) is 4.57 Å². The predicted molar refractivity (Wildman–Crippen MR) is 210 cm³/mol. The van der Waals surface area contributed by atoms with Crippen molar-refractivity contribution >= 4 is 27.5 Å². The molecule has 10 rings (SSSR count). The van der Waals surface area contributed by atoms with Crippen molar-refractivity contribution < 1.29 is 9.47 Å². The number of rotatable bonds is 3. The predicted octanol–water partition coefficient (Wildman–Crippen LogP) is 13.6. The van der Waals surface area contributed by atoms with E-state index in [-0.39, 0.29) is 0 Å². The third-order valence-electron chi connectivity index (χ3n) is 10.1. The number of nitrogens with zero attached hydrogens (tertiary/aromatic N) is 1. The summed E-state index contributed by atoms with van der Waals surface area (Å²) in [5.74, 6) is 3.10. The van der Waals surface area contributed by atoms with Gasteiger partial charge in [-0.05, 0) is 83.6 Å². The molecule has 51 heavy (non-hydrogen) atoms. The first-order valence-electron chi connectivity index (χ1n) is 17.6. The molecule has 1 aliphatic heterocycles. The summed E-state index contributed by atoms with van der Waals surface area (Å²) in [4.78, 5) is 0. The van der Waals surface area contributed by atoms with E-state index < -0.39 is 0 Å². The van der Waals surface area contributed by atoms with Crippen LogP contribution in [0.5, 0.6) is 23.0 Å². The highest BCUT2D eigenvalue weighted by Crippen LogP contribution is 2.51. The van der Waals surface area contributed by atoms with Gasteiger partial charge in [-0.2, -0.15) is 0 Å². The topological polar surface area (TPSA) is 23.4 Å². The quantitative estimate of drug-likeness (QED) is 0.189. The Kier molecular flexibility index (Phi) is 6.95. The fraction of sp³-hybridized carbons (Fsp3) is 0.0417. The van der Waals surface area contributed by atoms with E-state index in [9.17, 15) is 0 Å². The molecule has 3 nitrogen and oxygen atoms in total. The number of para-hydroxylation sites is 3. The maximum atomic E-state index is 7.18. The second-order valence-electron chi connectivity index (χ2n) is 13.1. The van der Waals surface area contributed by atoms with E-state index in [0.717, 1.165) is 80.3 Å². The molecule has 1 aliphatic carbocycles. The molecule has 0 amide bonds. The standard InChI is InChI=1S/C48H33NO2/c1-3-15-32(16-4-1)33-29-30-36-35-19-8-11-26-43(35)50-44-27-12-9-21-40(44)48-38(23-14-28-45(48)51-46(36)31-33)37-22-13-25-42-47(37)39-20-7-10-24-41(39)49(42)34-17-5-2-6-18-34/h1,3-5,7-31H,2,6H2. The molecule has 0 spiro atoms. The summed E-state index contributed by atoms with van der Waals surface area (Å²) in [6.07, 6.45) is 9.00. The van der Waals surface area contributed by atoms with Gasteiger partial charge in [0.2, 0.25) is 0 Å². The molecule has 0 atom stereocenters. The summed E-state index contributed by atoms with van der Waals surface area (Å²) in [5.41, 5.74) is 12.0. The van der Waals surface area contributed by atoms with E-state index in [1.54, 1.807) is 0 Å². The average Bonchev–Trinajstić information content (AvgIpc) is 3.54. The van der Waals surface area contributed by atoms with Gasteiger partial charge < -0.3 is 14.0 Å². The van der Waals surface area contributed by atoms with E-state index >= 15 is 0 Å². The molecule has 0 unspecified atom stereocenters. The van der Waals surface area contributed by atoms with Gasteiger partial charge in [0.25, 0.3) is 0 Å². The van der Waals surface area contributed by atoms with Gasteiger partial charge in [-0.3, -0.25) is 0 Å². The van der Waals surface area contributed by atoms with E-state index in [2.05, 4.69) is 156 Å². The molecule has 1 aromatic heterocycles. The van der Waals surface area contributed by atoms with Crippen molar-refractivity contribution in [2.24, 2.45) is 0 Å². The highest BCUT2D eigenvalue weighted by Gasteiger charge is 2.25. The number of aromatic nitrogens is 1. The minimum absolute atomic E-state index is 0.771. The van der Waals surface area contributed by atoms with Crippen molar-refractivity contribution in [3.8, 4) is 67.5 Å². The van der Waals surface area contributed by atoms with Gasteiger partial charge in [0.05, 0.1) is 11.0 Å². The first kappa shape index (κ1) is 29.3. The second kappa shape index (κ2) is 12.1. The molecule has 0 bridgehead atoms. The van der Waals surface area contributed by atoms with Crippen LogP contribution in [0, 0.1) is 0 Å². The van der Waals surface area contributed by atoms with Gasteiger partial charge in [0.15, 0.2) is 0 Å². The smallest absolute Gasteiger partial charge is 0.136 e. The van der Waals surface area contributed by atoms with Gasteiger partial charge in [-0.15, -0.1) is 0 Å². The van der Waals surface area contributed by atoms with Crippen LogP contribution in [0.25, 0.3) is 72.0 Å². The molecule has 3 heteroatoms. The van der Waals surface area contributed by atoms with Crippen molar-refractivity contribution in [2.75, 3.05) is 0 Å². The Labute approximate surface area is 297 Å². The van der Waals surface area contributed by atoms with Gasteiger partial charge >= 0.3 is 0 Å². The van der Waals surface area contributed by atoms with E-state index in [1.165, 1.54) is 27.5 Å². The zero-order valence-electron chi connectivity index (χ0n) is 27.9. The number of fused-ring (bicyclic) bond motifs is 9. The highest BCUT2D eigenvalue weighted by molar-refractivity contribution is 6.17. The zero-order chi connectivity index (χ0) is 33.7. The number of benzene rings is 7. The molecule has 2 aliphatic rings. The van der Waals surface area contributed by atoms with E-state index in [4.69, 9.17) is 9.47 Å². The number of hydrogen-bond donors (Lipinski definition) is 0. The Morgan fingerprint density at radius 3 is 1.94 bits per heavy atom. The fourth-order valence-electron chi connectivity index (χ4n) is 7.82. The first-order chi connectivity index (χ1) is 25.3. The summed E-state index contributed by atoms with van der Waals surface area (Å²) in [6.45, 7) is 0. The maximum absolute atomic E-state index is 7.18. The Bertz CT molecular complexity index is 2700. The van der Waals surface area contributed by atoms with Crippen LogP contribution in [0.15, 0.2) is 176 Å². The number of hydrogen-bond acceptors (Lipinski definition) is 2. The van der Waals surface area contributed by atoms with Crippen molar-refractivity contribution in [2.45, 2.75) is 12.8 Å². The van der Waals surface area contributed by atoms with Gasteiger partial charge in [-0.1, -0.05) is 127 Å². The third kappa shape index (κ3) is 4.89. The maximum Gasteiger partial charge on any atom is 0.136 e. The molecule has 0 fully saturated rings. The van der Waals surface area contributed by atoms with Crippen LogP contribution in [0.4, 0.5) is 0 Å². The van der Waals surface area contributed by atoms with E-state index in [0.29, 0.717) is 0 Å². The lowest BCUT2D eigenvalue weighted by molar-refractivity contribution is 0.472. The fourth-order valence-corrected chi connectivity index (χ4v) is 7.82. The molecule has 0 N–H and O–H groups in total. The molecule has 2 heterocycles. The summed E-state index contributed by atoms with van der Waals surface area (Å²) in [6, 6.07) is 55.3. The lowest BCUT2D eigenvalue weighted by Crippen LogP contribution is -1.99. The molecule has 7 aromatic carbocycles. The van der Waals surface area contributed by atoms with Gasteiger partial charge in [0.1, 0.15) is 23.0 Å². The lowest BCUT2D eigenvalue weighted by atomic mass is 9.90. The second-order valence-corrected chi connectivity index (χ2v) is 13.1. The Hall–Kier alpha value is -6.58. The molecule has 242 valence electrons. The van der Waals surface area contributed by atoms with Crippen molar-refractivity contribution in [3.05, 3.63) is 176 Å². The van der Waals surface area contributed by atoms with Crippen LogP contribution in [0.3, 0.4) is 0 Å². The molecule has 0 saturated heterocycles. The Morgan fingerprint density at radius 2 is 1.08 bits per heavy atom. The van der Waals surface area contributed by atoms with Crippen LogP contribution < -0.4 is 9.47 Å². The molecule has 8 aromatic rings. The third-order valence-corrected chi connectivity index (χ3v) is 10.1. The SMILES string of the molecule is C1=CC(n2c3ccccc3c3c(-c4cccc5c4-c4ccccc4Oc4ccccc4-c4ccc(-c6ccccc6)cc4O5)cccc32)=CCC1. The monoisotopic (exact) mass is 655 g/mol. The minimum atomic E-state index is 0.771. The van der Waals surface area contributed by atoms with Gasteiger partial charge in [0, 0.05) is 38.7 Å². The summed E-state index contributed by atoms with van der Waals surface area (Å²) < 4.78 is 16.5. The molecular weight excluding hydrogens is 623 g/mol. The van der Waals surface area contributed by atoms with Crippen molar-refractivity contribution in [1.82, 2.24) is 4.57 Å². The highest BCUT2D eigenvalue weighted by atomic mass is 16.5. The number of allylic oxidation sites excluding steroid dienone is 4. The Balaban J connectivity index is 1.26. The van der Waals surface area contributed by atoms with E-state index in [1.807, 2.05) is 24.3 Å². The molecule has 0 radical (unpaired) electrons. The van der Waals surface area contributed by atoms with Crippen LogP contribution in [0.1, 0.15) is 12.8 Å². The average molecular weight is 656 g/mol. The zero-order valence-corrected chi connectivity index (χ0v) is 27.9. The first-order valence-corrected chi connectivity index (χ1v) is 17.6. The lowest BCUT2D eigenvalue weighted by Gasteiger charge is -2.23. The molecular formula is C48H33NO2. The summed E-state index contributed by atoms with van der Waals surface area (Å²) in [7, 11) is 0. The summed E-state index contributed by atoms with van der Waals surface area (Å²) in [5, 5.41) is 2.44. The normalized spacial score (nSPS) is 13.3. The Morgan fingerprint density at radius 1 is 0.431 bits per heavy atom. The molecule has 0 saturated carbocycles. The van der Waals surface area contributed by atoms with Crippen LogP contribution in [0.2, 0.25) is 0 Å². The number of ether oxygens (including phenoxy) is 2. The summed E-state index contributed by atoms with van der Waals surface area (Å²) >= 11 is 0. The van der Waals surface area contributed by atoms with Crippen molar-refractivity contribution in [3.63, 3.8) is 0 Å². The van der Waals surface area contributed by atoms with Crippen molar-refractivity contribution in [1.29, 1.82) is 0 Å². The van der Waals surface area contributed by atoms with Gasteiger partial charge in [-0.25, -0.2) is 0 Å². The largest absolute Gasteiger partial charge is 0.456 e. The minimum Gasteiger partial charge on any atom is -0.456 e.